The maximum Gasteiger partial charge on any atom is 0.162 e. The molecule has 0 amide bonds. The van der Waals surface area contributed by atoms with Gasteiger partial charge >= 0.3 is 0 Å². The third-order valence-corrected chi connectivity index (χ3v) is 4.06. The number of nitriles is 1. The molecule has 0 saturated heterocycles. The van der Waals surface area contributed by atoms with Gasteiger partial charge in [0, 0.05) is 3.57 Å². The Morgan fingerprint density at radius 3 is 2.56 bits per heavy atom. The normalized spacial score (nSPS) is 9.89. The van der Waals surface area contributed by atoms with E-state index in [1.54, 1.807) is 12.1 Å². The van der Waals surface area contributed by atoms with E-state index in [2.05, 4.69) is 43.8 Å². The minimum atomic E-state index is -0.464. The first-order chi connectivity index (χ1) is 8.63. The number of rotatable bonds is 2. The zero-order chi connectivity index (χ0) is 13.1. The molecule has 0 spiro atoms. The molecule has 0 aliphatic rings. The van der Waals surface area contributed by atoms with Crippen molar-refractivity contribution < 1.29 is 4.39 Å². The summed E-state index contributed by atoms with van der Waals surface area (Å²) in [4.78, 5) is 0. The molecule has 0 heterocycles. The first-order valence-corrected chi connectivity index (χ1v) is 6.90. The van der Waals surface area contributed by atoms with Gasteiger partial charge in [0.1, 0.15) is 6.07 Å². The molecule has 2 rings (SSSR count). The lowest BCUT2D eigenvalue weighted by Crippen LogP contribution is -1.97. The second-order valence-corrected chi connectivity index (χ2v) is 5.46. The van der Waals surface area contributed by atoms with Crippen LogP contribution in [0, 0.1) is 20.7 Å². The van der Waals surface area contributed by atoms with Crippen molar-refractivity contribution in [3.63, 3.8) is 0 Å². The molecular weight excluding hydrogens is 410 g/mol. The van der Waals surface area contributed by atoms with Crippen molar-refractivity contribution >= 4 is 49.9 Å². The fourth-order valence-corrected chi connectivity index (χ4v) is 2.40. The second kappa shape index (κ2) is 5.67. The SMILES string of the molecule is N#Cc1ccc(Nc2ccccc2I)c(F)c1Br. The van der Waals surface area contributed by atoms with E-state index in [0.717, 1.165) is 9.26 Å². The average molecular weight is 417 g/mol. The summed E-state index contributed by atoms with van der Waals surface area (Å²) in [6.07, 6.45) is 0. The summed E-state index contributed by atoms with van der Waals surface area (Å²) < 4.78 is 15.2. The zero-order valence-electron chi connectivity index (χ0n) is 9.05. The third-order valence-electron chi connectivity index (χ3n) is 2.35. The van der Waals surface area contributed by atoms with E-state index in [1.165, 1.54) is 0 Å². The van der Waals surface area contributed by atoms with Crippen LogP contribution in [0.3, 0.4) is 0 Å². The van der Waals surface area contributed by atoms with Gasteiger partial charge in [-0.05, 0) is 62.8 Å². The number of nitrogens with one attached hydrogen (secondary N) is 1. The number of halogens is 3. The Bertz CT molecular complexity index is 637. The first kappa shape index (κ1) is 13.3. The van der Waals surface area contributed by atoms with Crippen LogP contribution in [0.1, 0.15) is 5.56 Å². The lowest BCUT2D eigenvalue weighted by atomic mass is 10.2. The van der Waals surface area contributed by atoms with Crippen LogP contribution in [-0.2, 0) is 0 Å². The summed E-state index contributed by atoms with van der Waals surface area (Å²) in [5, 5.41) is 11.8. The van der Waals surface area contributed by atoms with Gasteiger partial charge in [-0.3, -0.25) is 0 Å². The Labute approximate surface area is 126 Å². The number of hydrogen-bond acceptors (Lipinski definition) is 2. The fourth-order valence-electron chi connectivity index (χ4n) is 1.44. The molecule has 2 aromatic carbocycles. The summed E-state index contributed by atoms with van der Waals surface area (Å²) in [5.74, 6) is -0.464. The van der Waals surface area contributed by atoms with Crippen LogP contribution < -0.4 is 5.32 Å². The molecule has 0 unspecified atom stereocenters. The Hall–Kier alpha value is -1.13. The highest BCUT2D eigenvalue weighted by molar-refractivity contribution is 14.1. The van der Waals surface area contributed by atoms with E-state index in [4.69, 9.17) is 5.26 Å². The minimum absolute atomic E-state index is 0.181. The Kier molecular flexibility index (Phi) is 4.19. The van der Waals surface area contributed by atoms with Gasteiger partial charge in [-0.1, -0.05) is 12.1 Å². The van der Waals surface area contributed by atoms with Crippen LogP contribution in [-0.4, -0.2) is 0 Å². The van der Waals surface area contributed by atoms with Crippen LogP contribution in [0.25, 0.3) is 0 Å². The van der Waals surface area contributed by atoms with Gasteiger partial charge in [-0.2, -0.15) is 5.26 Å². The Morgan fingerprint density at radius 1 is 1.17 bits per heavy atom. The second-order valence-electron chi connectivity index (χ2n) is 3.51. The molecule has 0 aliphatic carbocycles. The Morgan fingerprint density at radius 2 is 1.89 bits per heavy atom. The lowest BCUT2D eigenvalue weighted by Gasteiger charge is -2.10. The molecule has 18 heavy (non-hydrogen) atoms. The highest BCUT2D eigenvalue weighted by Crippen LogP contribution is 2.30. The minimum Gasteiger partial charge on any atom is -0.352 e. The van der Waals surface area contributed by atoms with Crippen molar-refractivity contribution in [3.05, 3.63) is 55.8 Å². The summed E-state index contributed by atoms with van der Waals surface area (Å²) in [6, 6.07) is 12.6. The monoisotopic (exact) mass is 416 g/mol. The molecule has 5 heteroatoms. The molecule has 0 aromatic heterocycles. The smallest absolute Gasteiger partial charge is 0.162 e. The van der Waals surface area contributed by atoms with E-state index in [0.29, 0.717) is 5.69 Å². The van der Waals surface area contributed by atoms with Gasteiger partial charge < -0.3 is 5.32 Å². The predicted molar refractivity (Wildman–Crippen MR) is 81.3 cm³/mol. The number of hydrogen-bond donors (Lipinski definition) is 1. The van der Waals surface area contributed by atoms with E-state index in [1.807, 2.05) is 30.3 Å². The summed E-state index contributed by atoms with van der Waals surface area (Å²) in [6.45, 7) is 0. The topological polar surface area (TPSA) is 35.8 Å². The molecule has 0 fully saturated rings. The highest BCUT2D eigenvalue weighted by atomic mass is 127. The van der Waals surface area contributed by atoms with Crippen molar-refractivity contribution in [2.45, 2.75) is 0 Å². The standard InChI is InChI=1S/C13H7BrFIN2/c14-12-8(7-17)5-6-11(13(12)15)18-10-4-2-1-3-9(10)16/h1-6,18H. The van der Waals surface area contributed by atoms with Gasteiger partial charge in [0.2, 0.25) is 0 Å². The van der Waals surface area contributed by atoms with Crippen LogP contribution in [0.15, 0.2) is 40.9 Å². The molecule has 0 atom stereocenters. The predicted octanol–water partition coefficient (Wildman–Crippen LogP) is 4.81. The van der Waals surface area contributed by atoms with Gasteiger partial charge in [-0.25, -0.2) is 4.39 Å². The van der Waals surface area contributed by atoms with Crippen molar-refractivity contribution in [2.75, 3.05) is 5.32 Å². The molecule has 0 aliphatic heterocycles. The van der Waals surface area contributed by atoms with Crippen molar-refractivity contribution in [1.29, 1.82) is 5.26 Å². The summed E-state index contributed by atoms with van der Waals surface area (Å²) in [7, 11) is 0. The molecule has 0 bridgehead atoms. The number of anilines is 2. The van der Waals surface area contributed by atoms with Crippen molar-refractivity contribution in [1.82, 2.24) is 0 Å². The summed E-state index contributed by atoms with van der Waals surface area (Å²) in [5.41, 5.74) is 1.44. The molecule has 1 N–H and O–H groups in total. The van der Waals surface area contributed by atoms with Gasteiger partial charge in [0.15, 0.2) is 5.82 Å². The number of benzene rings is 2. The fraction of sp³-hybridized carbons (Fsp3) is 0. The maximum atomic E-state index is 14.0. The van der Waals surface area contributed by atoms with Crippen molar-refractivity contribution in [3.8, 4) is 6.07 Å². The van der Waals surface area contributed by atoms with Gasteiger partial charge in [0.25, 0.3) is 0 Å². The highest BCUT2D eigenvalue weighted by Gasteiger charge is 2.11. The van der Waals surface area contributed by atoms with Crippen LogP contribution in [0.5, 0.6) is 0 Å². The van der Waals surface area contributed by atoms with Crippen LogP contribution >= 0.6 is 38.5 Å². The van der Waals surface area contributed by atoms with E-state index < -0.39 is 5.82 Å². The average Bonchev–Trinajstić information content (AvgIpc) is 2.38. The van der Waals surface area contributed by atoms with Crippen LogP contribution in [0.2, 0.25) is 0 Å². The largest absolute Gasteiger partial charge is 0.352 e. The van der Waals surface area contributed by atoms with E-state index in [9.17, 15) is 4.39 Å². The number of nitrogens with zero attached hydrogens (tertiary/aromatic N) is 1. The molecule has 2 nitrogen and oxygen atoms in total. The lowest BCUT2D eigenvalue weighted by molar-refractivity contribution is 0.624. The van der Waals surface area contributed by atoms with E-state index >= 15 is 0 Å². The maximum absolute atomic E-state index is 14.0. The molecule has 0 saturated carbocycles. The number of para-hydroxylation sites is 1. The third kappa shape index (κ3) is 2.65. The molecule has 90 valence electrons. The molecular formula is C13H7BrFIN2. The quantitative estimate of drug-likeness (QED) is 0.713. The molecule has 2 aromatic rings. The Balaban J connectivity index is 2.40. The van der Waals surface area contributed by atoms with Crippen molar-refractivity contribution in [2.24, 2.45) is 0 Å². The van der Waals surface area contributed by atoms with E-state index in [-0.39, 0.29) is 10.0 Å². The van der Waals surface area contributed by atoms with Gasteiger partial charge in [0.05, 0.1) is 21.4 Å². The van der Waals surface area contributed by atoms with Gasteiger partial charge in [-0.15, -0.1) is 0 Å². The first-order valence-electron chi connectivity index (χ1n) is 5.03. The molecule has 0 radical (unpaired) electrons. The zero-order valence-corrected chi connectivity index (χ0v) is 12.8. The van der Waals surface area contributed by atoms with Crippen LogP contribution in [0.4, 0.5) is 15.8 Å². The summed E-state index contributed by atoms with van der Waals surface area (Å²) >= 11 is 5.26.